The van der Waals surface area contributed by atoms with Crippen molar-refractivity contribution in [3.8, 4) is 5.75 Å². The van der Waals surface area contributed by atoms with Crippen LogP contribution in [0.5, 0.6) is 5.75 Å². The van der Waals surface area contributed by atoms with Crippen LogP contribution in [0.4, 0.5) is 18.9 Å². The molecule has 2 aromatic rings. The lowest BCUT2D eigenvalue weighted by molar-refractivity contribution is -0.250. The topological polar surface area (TPSA) is 81.3 Å². The number of aromatic nitrogens is 2. The first kappa shape index (κ1) is 16.0. The summed E-state index contributed by atoms with van der Waals surface area (Å²) in [6, 6.07) is 5.74. The molecule has 0 amide bonds. The highest BCUT2D eigenvalue weighted by Gasteiger charge is 2.57. The van der Waals surface area contributed by atoms with Crippen molar-refractivity contribution in [3.05, 3.63) is 47.8 Å². The van der Waals surface area contributed by atoms with E-state index >= 15 is 0 Å². The number of rotatable bonds is 4. The molecule has 0 aliphatic carbocycles. The fourth-order valence-corrected chi connectivity index (χ4v) is 1.95. The number of hydrogen-bond donors (Lipinski definition) is 2. The zero-order chi connectivity index (χ0) is 16.4. The molecule has 1 aromatic carbocycles. The van der Waals surface area contributed by atoms with Gasteiger partial charge in [0.05, 0.1) is 12.8 Å². The second kappa shape index (κ2) is 5.80. The minimum Gasteiger partial charge on any atom is -0.492 e. The van der Waals surface area contributed by atoms with Crippen LogP contribution in [0.25, 0.3) is 0 Å². The standard InChI is InChI=1S/C14H14F3N3O2/c1-2-22-11-7-12(20-19-8-11)13(21,14(15,16)17)9-3-5-10(18)6-4-9/h3-8,21H,2,18H2,1H3. The molecule has 2 rings (SSSR count). The summed E-state index contributed by atoms with van der Waals surface area (Å²) < 4.78 is 45.6. The largest absolute Gasteiger partial charge is 0.492 e. The third-order valence-electron chi connectivity index (χ3n) is 3.05. The Balaban J connectivity index is 2.60. The molecule has 0 spiro atoms. The highest BCUT2D eigenvalue weighted by atomic mass is 19.4. The average molecular weight is 313 g/mol. The zero-order valence-corrected chi connectivity index (χ0v) is 11.6. The number of anilines is 1. The van der Waals surface area contributed by atoms with Crippen LogP contribution in [0.15, 0.2) is 36.5 Å². The summed E-state index contributed by atoms with van der Waals surface area (Å²) in [5, 5.41) is 17.2. The van der Waals surface area contributed by atoms with E-state index in [1.807, 2.05) is 0 Å². The lowest BCUT2D eigenvalue weighted by Gasteiger charge is -2.30. The summed E-state index contributed by atoms with van der Waals surface area (Å²) in [7, 11) is 0. The van der Waals surface area contributed by atoms with Crippen LogP contribution in [0.1, 0.15) is 18.2 Å². The number of nitrogens with two attached hydrogens (primary N) is 1. The van der Waals surface area contributed by atoms with Gasteiger partial charge in [0.15, 0.2) is 0 Å². The maximum Gasteiger partial charge on any atom is 0.427 e. The molecule has 8 heteroatoms. The summed E-state index contributed by atoms with van der Waals surface area (Å²) in [6.45, 7) is 1.92. The lowest BCUT2D eigenvalue weighted by atomic mass is 9.89. The normalized spacial score (nSPS) is 14.4. The maximum atomic E-state index is 13.5. The van der Waals surface area contributed by atoms with Gasteiger partial charge in [-0.2, -0.15) is 23.4 Å². The number of nitrogen functional groups attached to an aromatic ring is 1. The molecule has 1 unspecified atom stereocenters. The van der Waals surface area contributed by atoms with E-state index in [-0.39, 0.29) is 18.0 Å². The molecule has 1 atom stereocenters. The van der Waals surface area contributed by atoms with Gasteiger partial charge in [-0.25, -0.2) is 0 Å². The van der Waals surface area contributed by atoms with Crippen molar-refractivity contribution in [1.29, 1.82) is 0 Å². The molecule has 0 aliphatic rings. The van der Waals surface area contributed by atoms with Crippen LogP contribution >= 0.6 is 0 Å². The first-order chi connectivity index (χ1) is 10.3. The molecule has 5 nitrogen and oxygen atoms in total. The number of hydrogen-bond acceptors (Lipinski definition) is 5. The van der Waals surface area contributed by atoms with Crippen molar-refractivity contribution in [1.82, 2.24) is 10.2 Å². The van der Waals surface area contributed by atoms with Crippen LogP contribution in [0, 0.1) is 0 Å². The van der Waals surface area contributed by atoms with E-state index in [0.29, 0.717) is 0 Å². The Hall–Kier alpha value is -2.35. The number of nitrogens with zero attached hydrogens (tertiary/aromatic N) is 2. The van der Waals surface area contributed by atoms with Gasteiger partial charge < -0.3 is 15.6 Å². The highest BCUT2D eigenvalue weighted by molar-refractivity contribution is 5.44. The Bertz CT molecular complexity index is 647. The lowest BCUT2D eigenvalue weighted by Crippen LogP contribution is -2.44. The van der Waals surface area contributed by atoms with Gasteiger partial charge in [-0.3, -0.25) is 0 Å². The predicted octanol–water partition coefficient (Wildman–Crippen LogP) is 2.26. The summed E-state index contributed by atoms with van der Waals surface area (Å²) in [6.07, 6.45) is -3.82. The molecule has 1 aromatic heterocycles. The number of benzene rings is 1. The molecular weight excluding hydrogens is 299 g/mol. The molecule has 0 fully saturated rings. The molecule has 3 N–H and O–H groups in total. The third-order valence-corrected chi connectivity index (χ3v) is 3.05. The predicted molar refractivity (Wildman–Crippen MR) is 73.1 cm³/mol. The van der Waals surface area contributed by atoms with Crippen molar-refractivity contribution in [2.75, 3.05) is 12.3 Å². The molecule has 1 heterocycles. The van der Waals surface area contributed by atoms with Gasteiger partial charge in [-0.1, -0.05) is 12.1 Å². The first-order valence-corrected chi connectivity index (χ1v) is 6.40. The minimum absolute atomic E-state index is 0.0885. The Morgan fingerprint density at radius 2 is 1.86 bits per heavy atom. The summed E-state index contributed by atoms with van der Waals surface area (Å²) in [5.74, 6) is 0.0885. The molecule has 0 radical (unpaired) electrons. The van der Waals surface area contributed by atoms with Gasteiger partial charge in [0.1, 0.15) is 11.4 Å². The third kappa shape index (κ3) is 2.82. The zero-order valence-electron chi connectivity index (χ0n) is 11.6. The van der Waals surface area contributed by atoms with E-state index in [1.165, 1.54) is 18.3 Å². The van der Waals surface area contributed by atoms with Crippen LogP contribution in [0.3, 0.4) is 0 Å². The Morgan fingerprint density at radius 1 is 1.23 bits per heavy atom. The van der Waals surface area contributed by atoms with E-state index in [9.17, 15) is 18.3 Å². The van der Waals surface area contributed by atoms with Crippen molar-refractivity contribution in [3.63, 3.8) is 0 Å². The van der Waals surface area contributed by atoms with Crippen LogP contribution in [-0.4, -0.2) is 28.1 Å². The fourth-order valence-electron chi connectivity index (χ4n) is 1.95. The average Bonchev–Trinajstić information content (AvgIpc) is 2.46. The van der Waals surface area contributed by atoms with E-state index in [0.717, 1.165) is 18.2 Å². The van der Waals surface area contributed by atoms with Crippen molar-refractivity contribution in [2.45, 2.75) is 18.7 Å². The number of aliphatic hydroxyl groups is 1. The Labute approximate surface area is 124 Å². The summed E-state index contributed by atoms with van der Waals surface area (Å²) >= 11 is 0. The maximum absolute atomic E-state index is 13.5. The van der Waals surface area contributed by atoms with E-state index in [1.54, 1.807) is 6.92 Å². The Morgan fingerprint density at radius 3 is 2.41 bits per heavy atom. The molecule has 0 saturated carbocycles. The van der Waals surface area contributed by atoms with Crippen molar-refractivity contribution < 1.29 is 23.0 Å². The number of ether oxygens (including phenoxy) is 1. The van der Waals surface area contributed by atoms with Gasteiger partial charge in [0, 0.05) is 11.8 Å². The molecule has 118 valence electrons. The smallest absolute Gasteiger partial charge is 0.427 e. The SMILES string of the molecule is CCOc1cnnc(C(O)(c2ccc(N)cc2)C(F)(F)F)c1. The van der Waals surface area contributed by atoms with E-state index < -0.39 is 23.0 Å². The highest BCUT2D eigenvalue weighted by Crippen LogP contribution is 2.43. The van der Waals surface area contributed by atoms with Gasteiger partial charge in [0.25, 0.3) is 0 Å². The van der Waals surface area contributed by atoms with E-state index in [2.05, 4.69) is 10.2 Å². The molecule has 0 bridgehead atoms. The van der Waals surface area contributed by atoms with E-state index in [4.69, 9.17) is 10.5 Å². The monoisotopic (exact) mass is 313 g/mol. The van der Waals surface area contributed by atoms with Gasteiger partial charge in [-0.15, -0.1) is 0 Å². The number of halogens is 3. The fraction of sp³-hybridized carbons (Fsp3) is 0.286. The second-order valence-corrected chi connectivity index (χ2v) is 4.54. The minimum atomic E-state index is -5.00. The first-order valence-electron chi connectivity index (χ1n) is 6.40. The van der Waals surface area contributed by atoms with Gasteiger partial charge in [-0.05, 0) is 24.6 Å². The summed E-state index contributed by atoms with van der Waals surface area (Å²) in [5.41, 5.74) is 1.37. The van der Waals surface area contributed by atoms with Gasteiger partial charge in [0.2, 0.25) is 5.60 Å². The van der Waals surface area contributed by atoms with Crippen molar-refractivity contribution in [2.24, 2.45) is 0 Å². The second-order valence-electron chi connectivity index (χ2n) is 4.54. The number of alkyl halides is 3. The molecule has 0 saturated heterocycles. The quantitative estimate of drug-likeness (QED) is 0.846. The van der Waals surface area contributed by atoms with Crippen LogP contribution < -0.4 is 10.5 Å². The van der Waals surface area contributed by atoms with Crippen LogP contribution in [-0.2, 0) is 5.60 Å². The molecule has 22 heavy (non-hydrogen) atoms. The summed E-state index contributed by atoms with van der Waals surface area (Å²) in [4.78, 5) is 0. The Kier molecular flexibility index (Phi) is 4.23. The molecular formula is C14H14F3N3O2. The van der Waals surface area contributed by atoms with Crippen molar-refractivity contribution >= 4 is 5.69 Å². The van der Waals surface area contributed by atoms with Gasteiger partial charge >= 0.3 is 6.18 Å². The molecule has 0 aliphatic heterocycles. The van der Waals surface area contributed by atoms with Crippen LogP contribution in [0.2, 0.25) is 0 Å².